The fraction of sp³-hybridized carbons (Fsp3) is 0.125. The van der Waals surface area contributed by atoms with Crippen LogP contribution in [0, 0.1) is 0 Å². The zero-order valence-electron chi connectivity index (χ0n) is 7.27. The number of amides is 1. The summed E-state index contributed by atoms with van der Waals surface area (Å²) in [4.78, 5) is 18.1. The highest BCUT2D eigenvalue weighted by molar-refractivity contribution is 6.29. The third kappa shape index (κ3) is 3.02. The number of nitrogen functional groups attached to an aromatic ring is 1. The van der Waals surface area contributed by atoms with Crippen molar-refractivity contribution in [3.8, 4) is 0 Å². The highest BCUT2D eigenvalue weighted by atomic mass is 35.5. The maximum absolute atomic E-state index is 10.4. The van der Waals surface area contributed by atoms with Crippen LogP contribution in [0.5, 0.6) is 0 Å². The number of anilines is 1. The summed E-state index contributed by atoms with van der Waals surface area (Å²) >= 11 is 5.60. The van der Waals surface area contributed by atoms with Crippen molar-refractivity contribution in [1.29, 1.82) is 0 Å². The molecule has 0 aliphatic rings. The molecule has 1 heterocycles. The maximum atomic E-state index is 10.4. The van der Waals surface area contributed by atoms with Gasteiger partial charge in [-0.1, -0.05) is 17.7 Å². The fourth-order valence-corrected chi connectivity index (χ4v) is 0.939. The van der Waals surface area contributed by atoms with Gasteiger partial charge in [-0.3, -0.25) is 4.79 Å². The summed E-state index contributed by atoms with van der Waals surface area (Å²) in [6, 6.07) is 0. The molecule has 0 aliphatic heterocycles. The average molecular weight is 213 g/mol. The SMILES string of the molecule is NC(=O)CC=Cc1nc(Cl)cnc1N. The monoisotopic (exact) mass is 212 g/mol. The van der Waals surface area contributed by atoms with Crippen LogP contribution in [-0.4, -0.2) is 15.9 Å². The van der Waals surface area contributed by atoms with Crippen LogP contribution in [0.1, 0.15) is 12.1 Å². The van der Waals surface area contributed by atoms with E-state index in [9.17, 15) is 4.79 Å². The maximum Gasteiger partial charge on any atom is 0.221 e. The average Bonchev–Trinajstić information content (AvgIpc) is 2.10. The molecular formula is C8H9ClN4O. The zero-order chi connectivity index (χ0) is 10.6. The third-order valence-electron chi connectivity index (χ3n) is 1.39. The normalized spacial score (nSPS) is 10.6. The number of aromatic nitrogens is 2. The molecule has 6 heteroatoms. The molecule has 0 spiro atoms. The molecule has 5 nitrogen and oxygen atoms in total. The van der Waals surface area contributed by atoms with Gasteiger partial charge in [-0.05, 0) is 6.08 Å². The summed E-state index contributed by atoms with van der Waals surface area (Å²) < 4.78 is 0. The van der Waals surface area contributed by atoms with E-state index in [1.165, 1.54) is 6.20 Å². The van der Waals surface area contributed by atoms with Crippen molar-refractivity contribution in [2.75, 3.05) is 5.73 Å². The second-order valence-corrected chi connectivity index (χ2v) is 2.92. The van der Waals surface area contributed by atoms with E-state index in [-0.39, 0.29) is 17.4 Å². The molecule has 0 saturated carbocycles. The Morgan fingerprint density at radius 2 is 2.36 bits per heavy atom. The Kier molecular flexibility index (Phi) is 3.41. The molecule has 1 aromatic heterocycles. The first-order chi connectivity index (χ1) is 6.59. The minimum absolute atomic E-state index is 0.133. The lowest BCUT2D eigenvalue weighted by Crippen LogP contribution is -2.08. The van der Waals surface area contributed by atoms with Crippen molar-refractivity contribution in [3.63, 3.8) is 0 Å². The Morgan fingerprint density at radius 3 is 3.00 bits per heavy atom. The summed E-state index contributed by atoms with van der Waals surface area (Å²) in [6.07, 6.45) is 4.59. The number of hydrogen-bond donors (Lipinski definition) is 2. The predicted octanol–water partition coefficient (Wildman–Crippen LogP) is 0.601. The Balaban J connectivity index is 2.80. The number of nitrogens with two attached hydrogens (primary N) is 2. The number of nitrogens with zero attached hydrogens (tertiary/aromatic N) is 2. The molecule has 1 aromatic rings. The first kappa shape index (κ1) is 10.5. The van der Waals surface area contributed by atoms with E-state index in [1.54, 1.807) is 12.2 Å². The molecule has 0 radical (unpaired) electrons. The van der Waals surface area contributed by atoms with Gasteiger partial charge in [0.15, 0.2) is 0 Å². The van der Waals surface area contributed by atoms with E-state index >= 15 is 0 Å². The molecule has 1 amide bonds. The Bertz CT molecular complexity index is 378. The van der Waals surface area contributed by atoms with Gasteiger partial charge in [-0.15, -0.1) is 0 Å². The van der Waals surface area contributed by atoms with Gasteiger partial charge in [0.1, 0.15) is 16.7 Å². The van der Waals surface area contributed by atoms with Crippen LogP contribution in [0.4, 0.5) is 5.82 Å². The summed E-state index contributed by atoms with van der Waals surface area (Å²) in [5.41, 5.74) is 10.9. The summed E-state index contributed by atoms with van der Waals surface area (Å²) in [7, 11) is 0. The van der Waals surface area contributed by atoms with Crippen molar-refractivity contribution in [2.24, 2.45) is 5.73 Å². The first-order valence-corrected chi connectivity index (χ1v) is 4.20. The largest absolute Gasteiger partial charge is 0.382 e. The van der Waals surface area contributed by atoms with E-state index in [4.69, 9.17) is 23.1 Å². The molecule has 0 atom stereocenters. The highest BCUT2D eigenvalue weighted by Gasteiger charge is 1.99. The lowest BCUT2D eigenvalue weighted by atomic mass is 10.3. The molecule has 0 fully saturated rings. The smallest absolute Gasteiger partial charge is 0.221 e. The van der Waals surface area contributed by atoms with Gasteiger partial charge in [0, 0.05) is 6.42 Å². The van der Waals surface area contributed by atoms with Crippen molar-refractivity contribution < 1.29 is 4.79 Å². The molecule has 14 heavy (non-hydrogen) atoms. The molecule has 0 bridgehead atoms. The number of carbonyl (C=O) groups is 1. The molecular weight excluding hydrogens is 204 g/mol. The summed E-state index contributed by atoms with van der Waals surface area (Å²) in [5.74, 6) is -0.162. The van der Waals surface area contributed by atoms with Crippen molar-refractivity contribution in [3.05, 3.63) is 23.1 Å². The van der Waals surface area contributed by atoms with Gasteiger partial charge in [0.05, 0.1) is 6.20 Å². The topological polar surface area (TPSA) is 94.9 Å². The van der Waals surface area contributed by atoms with Gasteiger partial charge in [0.2, 0.25) is 5.91 Å². The predicted molar refractivity (Wildman–Crippen MR) is 54.3 cm³/mol. The molecule has 4 N–H and O–H groups in total. The second kappa shape index (κ2) is 4.57. The molecule has 0 saturated heterocycles. The standard InChI is InChI=1S/C8H9ClN4O/c9-6-4-12-8(11)5(13-6)2-1-3-7(10)14/h1-2,4H,3H2,(H2,10,14)(H2,11,12). The number of halogens is 1. The lowest BCUT2D eigenvalue weighted by molar-refractivity contribution is -0.117. The minimum atomic E-state index is -0.421. The van der Waals surface area contributed by atoms with Crippen LogP contribution < -0.4 is 11.5 Å². The first-order valence-electron chi connectivity index (χ1n) is 3.82. The van der Waals surface area contributed by atoms with Crippen LogP contribution in [0.25, 0.3) is 6.08 Å². The van der Waals surface area contributed by atoms with Crippen LogP contribution in [0.2, 0.25) is 5.15 Å². The fourth-order valence-electron chi connectivity index (χ4n) is 0.800. The van der Waals surface area contributed by atoms with Crippen LogP contribution in [-0.2, 0) is 4.79 Å². The zero-order valence-corrected chi connectivity index (χ0v) is 8.03. The second-order valence-electron chi connectivity index (χ2n) is 2.54. The van der Waals surface area contributed by atoms with Crippen molar-refractivity contribution >= 4 is 29.4 Å². The lowest BCUT2D eigenvalue weighted by Gasteiger charge is -1.97. The number of primary amides is 1. The van der Waals surface area contributed by atoms with E-state index in [2.05, 4.69) is 9.97 Å². The summed E-state index contributed by atoms with van der Waals surface area (Å²) in [5, 5.41) is 0.248. The molecule has 1 rings (SSSR count). The van der Waals surface area contributed by atoms with Gasteiger partial charge in [-0.2, -0.15) is 0 Å². The molecule has 0 unspecified atom stereocenters. The Morgan fingerprint density at radius 1 is 1.64 bits per heavy atom. The highest BCUT2D eigenvalue weighted by Crippen LogP contribution is 2.11. The third-order valence-corrected chi connectivity index (χ3v) is 1.58. The van der Waals surface area contributed by atoms with Gasteiger partial charge >= 0.3 is 0 Å². The molecule has 0 aliphatic carbocycles. The van der Waals surface area contributed by atoms with Crippen LogP contribution in [0.15, 0.2) is 12.3 Å². The Hall–Kier alpha value is -1.62. The van der Waals surface area contributed by atoms with Gasteiger partial charge in [-0.25, -0.2) is 9.97 Å². The Labute approximate surface area is 85.8 Å². The number of rotatable bonds is 3. The van der Waals surface area contributed by atoms with Crippen molar-refractivity contribution in [2.45, 2.75) is 6.42 Å². The van der Waals surface area contributed by atoms with Gasteiger partial charge in [0.25, 0.3) is 0 Å². The van der Waals surface area contributed by atoms with Crippen LogP contribution in [0.3, 0.4) is 0 Å². The quantitative estimate of drug-likeness (QED) is 0.767. The van der Waals surface area contributed by atoms with Gasteiger partial charge < -0.3 is 11.5 Å². The van der Waals surface area contributed by atoms with E-state index in [0.717, 1.165) is 0 Å². The number of hydrogen-bond acceptors (Lipinski definition) is 4. The molecule has 0 aromatic carbocycles. The van der Waals surface area contributed by atoms with Crippen LogP contribution >= 0.6 is 11.6 Å². The number of carbonyl (C=O) groups excluding carboxylic acids is 1. The van der Waals surface area contributed by atoms with Crippen molar-refractivity contribution in [1.82, 2.24) is 9.97 Å². The van der Waals surface area contributed by atoms with E-state index in [1.807, 2.05) is 0 Å². The van der Waals surface area contributed by atoms with E-state index < -0.39 is 5.91 Å². The molecule has 74 valence electrons. The summed E-state index contributed by atoms with van der Waals surface area (Å²) in [6.45, 7) is 0. The minimum Gasteiger partial charge on any atom is -0.382 e. The van der Waals surface area contributed by atoms with E-state index in [0.29, 0.717) is 5.69 Å².